The fourth-order valence-corrected chi connectivity index (χ4v) is 0.578. The summed E-state index contributed by atoms with van der Waals surface area (Å²) in [5.41, 5.74) is 0. The van der Waals surface area contributed by atoms with Gasteiger partial charge < -0.3 is 24.1 Å². The van der Waals surface area contributed by atoms with Crippen molar-refractivity contribution in [3.05, 3.63) is 0 Å². The van der Waals surface area contributed by atoms with Crippen LogP contribution in [0.5, 0.6) is 0 Å². The number of carbonyl (C=O) groups is 4. The highest BCUT2D eigenvalue weighted by atomic mass is 16.9. The summed E-state index contributed by atoms with van der Waals surface area (Å²) in [6.45, 7) is 1.90. The molecule has 0 saturated heterocycles. The van der Waals surface area contributed by atoms with Crippen LogP contribution in [0, 0.1) is 0 Å². The predicted octanol–water partition coefficient (Wildman–Crippen LogP) is 1.89. The van der Waals surface area contributed by atoms with Gasteiger partial charge in [0.1, 0.15) is 0 Å². The monoisotopic (exact) mass is 250 g/mol. The zero-order chi connectivity index (χ0) is 13.3. The van der Waals surface area contributed by atoms with Crippen molar-refractivity contribution in [1.29, 1.82) is 0 Å². The van der Waals surface area contributed by atoms with Crippen LogP contribution in [0.3, 0.4) is 0 Å². The van der Waals surface area contributed by atoms with E-state index in [1.165, 1.54) is 0 Å². The Hall–Kier alpha value is -2.32. The Morgan fingerprint density at radius 3 is 2.00 bits per heavy atom. The molecule has 17 heavy (non-hydrogen) atoms. The van der Waals surface area contributed by atoms with Crippen molar-refractivity contribution in [3.8, 4) is 0 Å². The van der Waals surface area contributed by atoms with Gasteiger partial charge in [-0.3, -0.25) is 0 Å². The summed E-state index contributed by atoms with van der Waals surface area (Å²) in [4.78, 5) is 41.6. The number of unbranched alkanes of at least 4 members (excludes halogenated alkanes) is 1. The van der Waals surface area contributed by atoms with Crippen molar-refractivity contribution in [1.82, 2.24) is 0 Å². The molecule has 0 aliphatic heterocycles. The van der Waals surface area contributed by atoms with Gasteiger partial charge in [-0.2, -0.15) is 0 Å². The first-order valence-corrected chi connectivity index (χ1v) is 4.46. The third kappa shape index (κ3) is 8.66. The fraction of sp³-hybridized carbons (Fsp3) is 0.500. The zero-order valence-corrected chi connectivity index (χ0v) is 8.83. The van der Waals surface area contributed by atoms with E-state index in [0.717, 1.165) is 6.42 Å². The molecule has 96 valence electrons. The Morgan fingerprint density at radius 2 is 1.47 bits per heavy atom. The Labute approximate surface area is 95.2 Å². The second kappa shape index (κ2) is 7.91. The first kappa shape index (κ1) is 14.7. The zero-order valence-electron chi connectivity index (χ0n) is 8.83. The summed E-state index contributed by atoms with van der Waals surface area (Å²) in [6.07, 6.45) is -5.55. The molecular formula is C8H10O9. The minimum Gasteiger partial charge on any atom is -0.449 e. The average Bonchev–Trinajstić information content (AvgIpc) is 2.15. The molecule has 0 aromatic rings. The van der Waals surface area contributed by atoms with Gasteiger partial charge in [0.15, 0.2) is 0 Å². The summed E-state index contributed by atoms with van der Waals surface area (Å²) in [5.74, 6) is 0. The first-order chi connectivity index (χ1) is 7.95. The van der Waals surface area contributed by atoms with E-state index in [4.69, 9.17) is 5.11 Å². The lowest BCUT2D eigenvalue weighted by Crippen LogP contribution is -2.20. The smallest absolute Gasteiger partial charge is 0.449 e. The van der Waals surface area contributed by atoms with Crippen LogP contribution in [0.15, 0.2) is 0 Å². The van der Waals surface area contributed by atoms with E-state index in [-0.39, 0.29) is 6.61 Å². The molecule has 0 unspecified atom stereocenters. The molecule has 0 aromatic heterocycles. The van der Waals surface area contributed by atoms with Gasteiger partial charge in [-0.05, 0) is 6.42 Å². The van der Waals surface area contributed by atoms with Crippen LogP contribution in [0.1, 0.15) is 19.8 Å². The van der Waals surface area contributed by atoms with E-state index in [1.54, 1.807) is 0 Å². The SMILES string of the molecule is CCCCOC(=O)OC(=O)OC(=O)OC(=O)O. The lowest BCUT2D eigenvalue weighted by molar-refractivity contribution is 0.0308. The molecule has 0 aromatic carbocycles. The van der Waals surface area contributed by atoms with Crippen molar-refractivity contribution < 1.29 is 43.2 Å². The van der Waals surface area contributed by atoms with Crippen LogP contribution in [-0.4, -0.2) is 36.3 Å². The van der Waals surface area contributed by atoms with Gasteiger partial charge in [-0.15, -0.1) is 0 Å². The Balaban J connectivity index is 3.81. The summed E-state index contributed by atoms with van der Waals surface area (Å²) in [7, 11) is 0. The van der Waals surface area contributed by atoms with Gasteiger partial charge in [0, 0.05) is 0 Å². The molecular weight excluding hydrogens is 240 g/mol. The van der Waals surface area contributed by atoms with Gasteiger partial charge in [0.05, 0.1) is 6.61 Å². The molecule has 0 aliphatic carbocycles. The second-order valence-corrected chi connectivity index (χ2v) is 2.52. The van der Waals surface area contributed by atoms with Crippen LogP contribution in [0.25, 0.3) is 0 Å². The standard InChI is InChI=1S/C8H10O9/c1-2-3-4-14-6(11)16-8(13)17-7(12)15-5(9)10/h2-4H2,1H3,(H,9,10). The molecule has 0 radical (unpaired) electrons. The molecule has 0 saturated carbocycles. The molecule has 0 aliphatic rings. The fourth-order valence-electron chi connectivity index (χ4n) is 0.578. The molecule has 0 bridgehead atoms. The molecule has 9 nitrogen and oxygen atoms in total. The number of carbonyl (C=O) groups excluding carboxylic acids is 3. The predicted molar refractivity (Wildman–Crippen MR) is 48.3 cm³/mol. The van der Waals surface area contributed by atoms with E-state index in [1.807, 2.05) is 6.92 Å². The maximum atomic E-state index is 10.7. The van der Waals surface area contributed by atoms with Crippen LogP contribution in [-0.2, 0) is 18.9 Å². The third-order valence-electron chi connectivity index (χ3n) is 1.22. The Kier molecular flexibility index (Phi) is 6.83. The van der Waals surface area contributed by atoms with E-state index in [0.29, 0.717) is 6.42 Å². The van der Waals surface area contributed by atoms with Gasteiger partial charge in [0.2, 0.25) is 0 Å². The third-order valence-corrected chi connectivity index (χ3v) is 1.22. The van der Waals surface area contributed by atoms with Crippen molar-refractivity contribution in [3.63, 3.8) is 0 Å². The second-order valence-electron chi connectivity index (χ2n) is 2.52. The maximum Gasteiger partial charge on any atom is 0.528 e. The minimum absolute atomic E-state index is 0.0438. The van der Waals surface area contributed by atoms with Crippen molar-refractivity contribution in [2.75, 3.05) is 6.61 Å². The molecule has 0 heterocycles. The molecule has 9 heteroatoms. The van der Waals surface area contributed by atoms with Gasteiger partial charge >= 0.3 is 24.6 Å². The number of rotatable bonds is 3. The van der Waals surface area contributed by atoms with Gasteiger partial charge in [0.25, 0.3) is 0 Å². The average molecular weight is 250 g/mol. The molecule has 0 amide bonds. The number of hydrogen-bond acceptors (Lipinski definition) is 8. The number of carboxylic acid groups (broad SMARTS) is 1. The number of ether oxygens (including phenoxy) is 4. The van der Waals surface area contributed by atoms with Crippen LogP contribution >= 0.6 is 0 Å². The lowest BCUT2D eigenvalue weighted by Gasteiger charge is -2.03. The van der Waals surface area contributed by atoms with E-state index >= 15 is 0 Å². The molecule has 0 atom stereocenters. The minimum atomic E-state index is -1.96. The van der Waals surface area contributed by atoms with Crippen molar-refractivity contribution in [2.24, 2.45) is 0 Å². The highest BCUT2D eigenvalue weighted by Gasteiger charge is 2.20. The first-order valence-electron chi connectivity index (χ1n) is 4.46. The highest BCUT2D eigenvalue weighted by Crippen LogP contribution is 1.96. The van der Waals surface area contributed by atoms with Crippen LogP contribution in [0.2, 0.25) is 0 Å². The van der Waals surface area contributed by atoms with E-state index in [2.05, 4.69) is 18.9 Å². The van der Waals surface area contributed by atoms with Crippen LogP contribution in [0.4, 0.5) is 19.2 Å². The molecule has 0 rings (SSSR count). The summed E-state index contributed by atoms with van der Waals surface area (Å²) < 4.78 is 15.3. The van der Waals surface area contributed by atoms with Gasteiger partial charge in [-0.1, -0.05) is 13.3 Å². The highest BCUT2D eigenvalue weighted by molar-refractivity contribution is 5.86. The lowest BCUT2D eigenvalue weighted by atomic mass is 10.4. The normalized spacial score (nSPS) is 9.00. The Bertz CT molecular complexity index is 308. The van der Waals surface area contributed by atoms with Crippen LogP contribution < -0.4 is 0 Å². The van der Waals surface area contributed by atoms with Gasteiger partial charge in [-0.25, -0.2) is 19.2 Å². The quantitative estimate of drug-likeness (QED) is 0.453. The topological polar surface area (TPSA) is 125 Å². The molecule has 1 N–H and O–H groups in total. The number of hydrogen-bond donors (Lipinski definition) is 1. The van der Waals surface area contributed by atoms with Crippen molar-refractivity contribution in [2.45, 2.75) is 19.8 Å². The van der Waals surface area contributed by atoms with E-state index < -0.39 is 24.6 Å². The van der Waals surface area contributed by atoms with E-state index in [9.17, 15) is 19.2 Å². The largest absolute Gasteiger partial charge is 0.528 e. The summed E-state index contributed by atoms with van der Waals surface area (Å²) in [5, 5.41) is 7.96. The summed E-state index contributed by atoms with van der Waals surface area (Å²) in [6, 6.07) is 0. The summed E-state index contributed by atoms with van der Waals surface area (Å²) >= 11 is 0. The maximum absolute atomic E-state index is 10.7. The van der Waals surface area contributed by atoms with Crippen molar-refractivity contribution >= 4 is 24.6 Å². The Morgan fingerprint density at radius 1 is 0.941 bits per heavy atom. The molecule has 0 fully saturated rings. The molecule has 0 spiro atoms.